The van der Waals surface area contributed by atoms with Crippen LogP contribution < -0.4 is 4.74 Å². The number of hydrogen-bond acceptors (Lipinski definition) is 1. The van der Waals surface area contributed by atoms with Crippen molar-refractivity contribution in [2.45, 2.75) is 79.6 Å². The lowest BCUT2D eigenvalue weighted by molar-refractivity contribution is 0.381. The van der Waals surface area contributed by atoms with Crippen molar-refractivity contribution in [1.29, 1.82) is 0 Å². The predicted octanol–water partition coefficient (Wildman–Crippen LogP) is 6.82. The average Bonchev–Trinajstić information content (AvgIpc) is 2.39. The van der Waals surface area contributed by atoms with Crippen molar-refractivity contribution in [2.75, 3.05) is 7.11 Å². The van der Waals surface area contributed by atoms with Crippen LogP contribution in [0.25, 0.3) is 0 Å². The zero-order valence-electron chi connectivity index (χ0n) is 16.7. The van der Waals surface area contributed by atoms with Gasteiger partial charge in [-0.25, -0.2) is 0 Å². The molecule has 1 rings (SSSR count). The SMILES string of the molecule is C=C.CCC.COc1c(C(C)(C)C)cc(C)cc1C(C)(C)C. The summed E-state index contributed by atoms with van der Waals surface area (Å²) in [6.07, 6.45) is 1.25. The van der Waals surface area contributed by atoms with Crippen molar-refractivity contribution in [1.82, 2.24) is 0 Å². The van der Waals surface area contributed by atoms with Gasteiger partial charge in [-0.15, -0.1) is 13.2 Å². The molecule has 0 fully saturated rings. The fraction of sp³-hybridized carbons (Fsp3) is 0.619. The molecule has 0 atom stereocenters. The quantitative estimate of drug-likeness (QED) is 0.517. The van der Waals surface area contributed by atoms with E-state index in [9.17, 15) is 0 Å². The second kappa shape index (κ2) is 9.71. The highest BCUT2D eigenvalue weighted by molar-refractivity contribution is 5.50. The van der Waals surface area contributed by atoms with Crippen molar-refractivity contribution in [3.05, 3.63) is 42.0 Å². The molecular weight excluding hydrogens is 268 g/mol. The zero-order valence-corrected chi connectivity index (χ0v) is 16.7. The molecule has 0 heterocycles. The number of hydrogen-bond donors (Lipinski definition) is 0. The molecular formula is C21H38O. The van der Waals surface area contributed by atoms with E-state index in [1.807, 2.05) is 0 Å². The van der Waals surface area contributed by atoms with Crippen LogP contribution in [0.1, 0.15) is 78.5 Å². The summed E-state index contributed by atoms with van der Waals surface area (Å²) < 4.78 is 5.68. The van der Waals surface area contributed by atoms with Gasteiger partial charge in [0.2, 0.25) is 0 Å². The molecule has 0 bridgehead atoms. The van der Waals surface area contributed by atoms with Crippen LogP contribution in [-0.4, -0.2) is 7.11 Å². The minimum absolute atomic E-state index is 0.108. The fourth-order valence-corrected chi connectivity index (χ4v) is 2.11. The van der Waals surface area contributed by atoms with E-state index in [-0.39, 0.29) is 10.8 Å². The van der Waals surface area contributed by atoms with Crippen molar-refractivity contribution in [3.63, 3.8) is 0 Å². The van der Waals surface area contributed by atoms with Crippen LogP contribution in [0.5, 0.6) is 5.75 Å². The van der Waals surface area contributed by atoms with Crippen LogP contribution in [-0.2, 0) is 10.8 Å². The van der Waals surface area contributed by atoms with E-state index in [0.717, 1.165) is 5.75 Å². The molecule has 128 valence electrons. The highest BCUT2D eigenvalue weighted by atomic mass is 16.5. The van der Waals surface area contributed by atoms with Gasteiger partial charge >= 0.3 is 0 Å². The molecule has 0 spiro atoms. The van der Waals surface area contributed by atoms with Crippen molar-refractivity contribution in [2.24, 2.45) is 0 Å². The molecule has 0 unspecified atom stereocenters. The minimum Gasteiger partial charge on any atom is -0.496 e. The van der Waals surface area contributed by atoms with Gasteiger partial charge in [-0.3, -0.25) is 0 Å². The summed E-state index contributed by atoms with van der Waals surface area (Å²) in [5.41, 5.74) is 4.12. The standard InChI is InChI=1S/C16H26O.C3H8.C2H4/c1-11-9-12(15(2,3)4)14(17-8)13(10-11)16(5,6)7;1-3-2;1-2/h9-10H,1-8H3;3H2,1-2H3;1-2H2. The van der Waals surface area contributed by atoms with Crippen molar-refractivity contribution < 1.29 is 4.74 Å². The lowest BCUT2D eigenvalue weighted by Crippen LogP contribution is -2.19. The minimum atomic E-state index is 0.108. The number of aryl methyl sites for hydroxylation is 1. The molecule has 1 aromatic carbocycles. The first-order chi connectivity index (χ1) is 9.98. The summed E-state index contributed by atoms with van der Waals surface area (Å²) in [5, 5.41) is 0. The second-order valence-electron chi connectivity index (χ2n) is 7.60. The summed E-state index contributed by atoms with van der Waals surface area (Å²) in [6.45, 7) is 25.8. The van der Waals surface area contributed by atoms with E-state index in [1.165, 1.54) is 23.1 Å². The first kappa shape index (κ1) is 23.0. The molecule has 1 heteroatoms. The van der Waals surface area contributed by atoms with Crippen LogP contribution in [0, 0.1) is 6.92 Å². The Kier molecular flexibility index (Phi) is 10.2. The average molecular weight is 307 g/mol. The van der Waals surface area contributed by atoms with Gasteiger partial charge in [-0.1, -0.05) is 79.5 Å². The van der Waals surface area contributed by atoms with Gasteiger partial charge in [0.05, 0.1) is 7.11 Å². The van der Waals surface area contributed by atoms with Crippen molar-refractivity contribution >= 4 is 0 Å². The van der Waals surface area contributed by atoms with Gasteiger partial charge in [0.1, 0.15) is 5.75 Å². The molecule has 0 N–H and O–H groups in total. The largest absolute Gasteiger partial charge is 0.496 e. The lowest BCUT2D eigenvalue weighted by Gasteiger charge is -2.29. The highest BCUT2D eigenvalue weighted by Crippen LogP contribution is 2.40. The smallest absolute Gasteiger partial charge is 0.126 e. The van der Waals surface area contributed by atoms with E-state index >= 15 is 0 Å². The van der Waals surface area contributed by atoms with E-state index < -0.39 is 0 Å². The topological polar surface area (TPSA) is 9.23 Å². The number of rotatable bonds is 1. The molecule has 0 amide bonds. The molecule has 0 aliphatic rings. The Labute approximate surface area is 139 Å². The van der Waals surface area contributed by atoms with E-state index in [1.54, 1.807) is 7.11 Å². The Balaban J connectivity index is 0. The summed E-state index contributed by atoms with van der Waals surface area (Å²) in [5.74, 6) is 1.05. The Morgan fingerprint density at radius 2 is 1.14 bits per heavy atom. The van der Waals surface area contributed by atoms with Gasteiger partial charge in [-0.05, 0) is 17.8 Å². The van der Waals surface area contributed by atoms with Crippen LogP contribution >= 0.6 is 0 Å². The first-order valence-electron chi connectivity index (χ1n) is 8.18. The summed E-state index contributed by atoms with van der Waals surface area (Å²) in [4.78, 5) is 0. The summed E-state index contributed by atoms with van der Waals surface area (Å²) in [6, 6.07) is 4.49. The number of ether oxygens (including phenoxy) is 1. The third-order valence-corrected chi connectivity index (χ3v) is 3.05. The monoisotopic (exact) mass is 306 g/mol. The van der Waals surface area contributed by atoms with Crippen LogP contribution in [0.15, 0.2) is 25.3 Å². The number of methoxy groups -OCH3 is 1. The van der Waals surface area contributed by atoms with Gasteiger partial charge in [0.25, 0.3) is 0 Å². The number of benzene rings is 1. The molecule has 0 saturated heterocycles. The maximum absolute atomic E-state index is 5.68. The highest BCUT2D eigenvalue weighted by Gasteiger charge is 2.26. The predicted molar refractivity (Wildman–Crippen MR) is 102 cm³/mol. The molecule has 0 aliphatic carbocycles. The molecule has 0 saturated carbocycles. The van der Waals surface area contributed by atoms with Crippen LogP contribution in [0.3, 0.4) is 0 Å². The maximum Gasteiger partial charge on any atom is 0.126 e. The first-order valence-corrected chi connectivity index (χ1v) is 8.18. The van der Waals surface area contributed by atoms with Crippen LogP contribution in [0.4, 0.5) is 0 Å². The van der Waals surface area contributed by atoms with Gasteiger partial charge in [-0.2, -0.15) is 0 Å². The Hall–Kier alpha value is -1.24. The third-order valence-electron chi connectivity index (χ3n) is 3.05. The molecule has 0 radical (unpaired) electrons. The van der Waals surface area contributed by atoms with E-state index in [2.05, 4.69) is 87.6 Å². The molecule has 22 heavy (non-hydrogen) atoms. The summed E-state index contributed by atoms with van der Waals surface area (Å²) in [7, 11) is 1.77. The molecule has 1 nitrogen and oxygen atoms in total. The van der Waals surface area contributed by atoms with Crippen molar-refractivity contribution in [3.8, 4) is 5.75 Å². The Bertz CT molecular complexity index is 395. The van der Waals surface area contributed by atoms with E-state index in [0.29, 0.717) is 0 Å². The van der Waals surface area contributed by atoms with Gasteiger partial charge < -0.3 is 4.74 Å². The second-order valence-corrected chi connectivity index (χ2v) is 7.60. The Morgan fingerprint density at radius 1 is 0.864 bits per heavy atom. The third kappa shape index (κ3) is 7.15. The molecule has 0 aliphatic heterocycles. The normalized spacial score (nSPS) is 10.8. The lowest BCUT2D eigenvalue weighted by atomic mass is 9.78. The molecule has 1 aromatic rings. The van der Waals surface area contributed by atoms with E-state index in [4.69, 9.17) is 4.74 Å². The fourth-order valence-electron chi connectivity index (χ4n) is 2.11. The maximum atomic E-state index is 5.68. The zero-order chi connectivity index (χ0) is 18.1. The summed E-state index contributed by atoms with van der Waals surface area (Å²) >= 11 is 0. The van der Waals surface area contributed by atoms with Gasteiger partial charge in [0, 0.05) is 11.1 Å². The van der Waals surface area contributed by atoms with Crippen LogP contribution in [0.2, 0.25) is 0 Å². The molecule has 0 aromatic heterocycles. The van der Waals surface area contributed by atoms with Gasteiger partial charge in [0.15, 0.2) is 0 Å². The Morgan fingerprint density at radius 3 is 1.32 bits per heavy atom.